The van der Waals surface area contributed by atoms with E-state index in [-0.39, 0.29) is 0 Å². The van der Waals surface area contributed by atoms with E-state index in [9.17, 15) is 0 Å². The van der Waals surface area contributed by atoms with Gasteiger partial charge < -0.3 is 9.47 Å². The van der Waals surface area contributed by atoms with Crippen molar-refractivity contribution < 1.29 is 9.47 Å². The molecule has 0 aliphatic rings. The van der Waals surface area contributed by atoms with Crippen molar-refractivity contribution >= 4 is 0 Å². The number of nitrogens with zero attached hydrogens (tertiary/aromatic N) is 4. The maximum Gasteiger partial charge on any atom is 0.119 e. The van der Waals surface area contributed by atoms with Gasteiger partial charge in [-0.05, 0) is 88.1 Å². The number of methoxy groups -OCH3 is 2. The molecule has 0 unspecified atom stereocenters. The Morgan fingerprint density at radius 2 is 0.824 bits per heavy atom. The molecule has 4 aromatic rings. The van der Waals surface area contributed by atoms with Gasteiger partial charge in [-0.3, -0.25) is 0 Å². The zero-order valence-corrected chi connectivity index (χ0v) is 21.2. The zero-order chi connectivity index (χ0) is 24.8. The van der Waals surface area contributed by atoms with Gasteiger partial charge in [0.15, 0.2) is 0 Å². The van der Waals surface area contributed by atoms with Crippen LogP contribution in [0, 0.1) is 41.5 Å². The lowest BCUT2D eigenvalue weighted by Crippen LogP contribution is -1.96. The van der Waals surface area contributed by atoms with Gasteiger partial charge in [0, 0.05) is 33.9 Å². The summed E-state index contributed by atoms with van der Waals surface area (Å²) in [5, 5.41) is 0. The van der Waals surface area contributed by atoms with Crippen molar-refractivity contribution in [1.29, 1.82) is 0 Å². The highest BCUT2D eigenvalue weighted by Crippen LogP contribution is 2.31. The molecule has 34 heavy (non-hydrogen) atoms. The van der Waals surface area contributed by atoms with Gasteiger partial charge >= 0.3 is 0 Å². The topological polar surface area (TPSA) is 70.0 Å². The summed E-state index contributed by atoms with van der Waals surface area (Å²) in [5.41, 5.74) is 10.9. The van der Waals surface area contributed by atoms with Crippen LogP contribution >= 0.6 is 0 Å². The van der Waals surface area contributed by atoms with Crippen molar-refractivity contribution in [3.8, 4) is 33.8 Å². The van der Waals surface area contributed by atoms with Crippen molar-refractivity contribution in [2.75, 3.05) is 14.2 Å². The van der Waals surface area contributed by atoms with Gasteiger partial charge in [-0.15, -0.1) is 0 Å². The lowest BCUT2D eigenvalue weighted by molar-refractivity contribution is 0.414. The number of hydrogen-bond donors (Lipinski definition) is 0. The Labute approximate surface area is 202 Å². The monoisotopic (exact) mass is 456 g/mol. The van der Waals surface area contributed by atoms with Gasteiger partial charge in [0.2, 0.25) is 0 Å². The molecule has 0 radical (unpaired) electrons. The minimum atomic E-state index is 0.874. The molecular weight excluding hydrogens is 424 g/mol. The SMILES string of the molecule is COc1ccc(-c2c(C)ncnc2C)c(C)c1.COc1ccc(-c2c(C)ncnc2C)c(C)c1. The van der Waals surface area contributed by atoms with E-state index in [4.69, 9.17) is 9.47 Å². The van der Waals surface area contributed by atoms with Crippen LogP contribution in [0.5, 0.6) is 11.5 Å². The Morgan fingerprint density at radius 1 is 0.500 bits per heavy atom. The lowest BCUT2D eigenvalue weighted by Gasteiger charge is -2.12. The number of aromatic nitrogens is 4. The molecule has 0 N–H and O–H groups in total. The predicted molar refractivity (Wildman–Crippen MR) is 136 cm³/mol. The van der Waals surface area contributed by atoms with E-state index in [2.05, 4.69) is 45.9 Å². The summed E-state index contributed by atoms with van der Waals surface area (Å²) in [6.07, 6.45) is 3.21. The first-order valence-corrected chi connectivity index (χ1v) is 11.1. The van der Waals surface area contributed by atoms with Gasteiger partial charge in [-0.1, -0.05) is 12.1 Å². The summed E-state index contributed by atoms with van der Waals surface area (Å²) < 4.78 is 10.4. The van der Waals surface area contributed by atoms with Crippen molar-refractivity contribution in [3.05, 3.63) is 83.0 Å². The third-order valence-corrected chi connectivity index (χ3v) is 5.86. The second-order valence-electron chi connectivity index (χ2n) is 8.20. The lowest BCUT2D eigenvalue weighted by atomic mass is 9.98. The molecule has 4 rings (SSSR count). The third-order valence-electron chi connectivity index (χ3n) is 5.86. The van der Waals surface area contributed by atoms with Crippen molar-refractivity contribution in [3.63, 3.8) is 0 Å². The van der Waals surface area contributed by atoms with Crippen LogP contribution in [0.1, 0.15) is 33.9 Å². The van der Waals surface area contributed by atoms with Gasteiger partial charge in [-0.25, -0.2) is 19.9 Å². The zero-order valence-electron chi connectivity index (χ0n) is 21.2. The van der Waals surface area contributed by atoms with Crippen LogP contribution in [-0.2, 0) is 0 Å². The normalized spacial score (nSPS) is 10.4. The molecule has 0 aliphatic carbocycles. The van der Waals surface area contributed by atoms with E-state index in [0.717, 1.165) is 45.4 Å². The van der Waals surface area contributed by atoms with E-state index >= 15 is 0 Å². The molecule has 2 aromatic carbocycles. The van der Waals surface area contributed by atoms with Crippen LogP contribution in [-0.4, -0.2) is 34.2 Å². The fourth-order valence-electron chi connectivity index (χ4n) is 4.05. The molecule has 0 saturated heterocycles. The average Bonchev–Trinajstić information content (AvgIpc) is 2.81. The molecular formula is C28H32N4O2. The molecule has 176 valence electrons. The smallest absolute Gasteiger partial charge is 0.119 e. The molecule has 0 aliphatic heterocycles. The first-order valence-electron chi connectivity index (χ1n) is 11.1. The molecule has 0 amide bonds. The maximum absolute atomic E-state index is 5.22. The standard InChI is InChI=1S/2C14H16N2O/c2*1-9-7-12(17-4)5-6-13(9)14-10(2)15-8-16-11(14)3/h2*5-8H,1-4H3. The van der Waals surface area contributed by atoms with Crippen molar-refractivity contribution in [2.24, 2.45) is 0 Å². The van der Waals surface area contributed by atoms with Crippen LogP contribution in [0.2, 0.25) is 0 Å². The van der Waals surface area contributed by atoms with Crippen molar-refractivity contribution in [2.45, 2.75) is 41.5 Å². The van der Waals surface area contributed by atoms with Crippen LogP contribution in [0.4, 0.5) is 0 Å². The van der Waals surface area contributed by atoms with Crippen molar-refractivity contribution in [1.82, 2.24) is 19.9 Å². The molecule has 2 aromatic heterocycles. The molecule has 6 heteroatoms. The highest BCUT2D eigenvalue weighted by atomic mass is 16.5. The van der Waals surface area contributed by atoms with E-state index in [1.54, 1.807) is 26.9 Å². The Balaban J connectivity index is 0.000000191. The first kappa shape index (κ1) is 24.8. The average molecular weight is 457 g/mol. The Morgan fingerprint density at radius 3 is 1.09 bits per heavy atom. The Kier molecular flexibility index (Phi) is 7.95. The minimum Gasteiger partial charge on any atom is -0.497 e. The molecule has 0 atom stereocenters. The van der Waals surface area contributed by atoms with E-state index in [0.29, 0.717) is 0 Å². The second-order valence-corrected chi connectivity index (χ2v) is 8.20. The quantitative estimate of drug-likeness (QED) is 0.367. The number of hydrogen-bond acceptors (Lipinski definition) is 6. The molecule has 0 bridgehead atoms. The fourth-order valence-corrected chi connectivity index (χ4v) is 4.05. The minimum absolute atomic E-state index is 0.874. The largest absolute Gasteiger partial charge is 0.497 e. The summed E-state index contributed by atoms with van der Waals surface area (Å²) >= 11 is 0. The number of ether oxygens (including phenoxy) is 2. The van der Waals surface area contributed by atoms with Gasteiger partial charge in [0.05, 0.1) is 14.2 Å². The first-order chi connectivity index (χ1) is 16.3. The highest BCUT2D eigenvalue weighted by Gasteiger charge is 2.11. The Bertz CT molecular complexity index is 1160. The summed E-state index contributed by atoms with van der Waals surface area (Å²) in [4.78, 5) is 17.0. The van der Waals surface area contributed by atoms with Crippen LogP contribution in [0.3, 0.4) is 0 Å². The fraction of sp³-hybridized carbons (Fsp3) is 0.286. The van der Waals surface area contributed by atoms with Gasteiger partial charge in [0.1, 0.15) is 24.2 Å². The number of benzene rings is 2. The maximum atomic E-state index is 5.22. The highest BCUT2D eigenvalue weighted by molar-refractivity contribution is 5.72. The summed E-state index contributed by atoms with van der Waals surface area (Å²) in [6.45, 7) is 12.2. The summed E-state index contributed by atoms with van der Waals surface area (Å²) in [7, 11) is 3.35. The molecule has 0 spiro atoms. The van der Waals surface area contributed by atoms with Crippen LogP contribution in [0.25, 0.3) is 22.3 Å². The van der Waals surface area contributed by atoms with E-state index in [1.165, 1.54) is 22.3 Å². The second kappa shape index (κ2) is 10.9. The molecule has 0 fully saturated rings. The van der Waals surface area contributed by atoms with Gasteiger partial charge in [-0.2, -0.15) is 0 Å². The number of aryl methyl sites for hydroxylation is 6. The molecule has 0 saturated carbocycles. The van der Waals surface area contributed by atoms with E-state index < -0.39 is 0 Å². The van der Waals surface area contributed by atoms with Crippen LogP contribution in [0.15, 0.2) is 49.1 Å². The third kappa shape index (κ3) is 5.39. The predicted octanol–water partition coefficient (Wildman–Crippen LogP) is 6.15. The Hall–Kier alpha value is -3.80. The molecule has 2 heterocycles. The van der Waals surface area contributed by atoms with Gasteiger partial charge in [0.25, 0.3) is 0 Å². The summed E-state index contributed by atoms with van der Waals surface area (Å²) in [5.74, 6) is 1.75. The number of rotatable bonds is 4. The summed E-state index contributed by atoms with van der Waals surface area (Å²) in [6, 6.07) is 12.1. The van der Waals surface area contributed by atoms with Crippen LogP contribution < -0.4 is 9.47 Å². The van der Waals surface area contributed by atoms with E-state index in [1.807, 2.05) is 52.0 Å². The molecule has 6 nitrogen and oxygen atoms in total.